The van der Waals surface area contributed by atoms with Gasteiger partial charge in [0.1, 0.15) is 0 Å². The summed E-state index contributed by atoms with van der Waals surface area (Å²) in [7, 11) is 0. The second-order valence-corrected chi connectivity index (χ2v) is 7.59. The summed E-state index contributed by atoms with van der Waals surface area (Å²) in [5.41, 5.74) is 0.763. The number of hydrogen-bond acceptors (Lipinski definition) is 5. The van der Waals surface area contributed by atoms with Crippen molar-refractivity contribution < 1.29 is 4.79 Å². The molecule has 0 bridgehead atoms. The van der Waals surface area contributed by atoms with E-state index in [9.17, 15) is 4.79 Å². The van der Waals surface area contributed by atoms with Crippen molar-refractivity contribution in [2.24, 2.45) is 0 Å². The topological polar surface area (TPSA) is 59.8 Å². The fourth-order valence-corrected chi connectivity index (χ4v) is 4.05. The van der Waals surface area contributed by atoms with Crippen molar-refractivity contribution in [2.45, 2.75) is 18.6 Å². The molecule has 24 heavy (non-hydrogen) atoms. The van der Waals surface area contributed by atoms with Crippen molar-refractivity contribution in [3.05, 3.63) is 46.3 Å². The number of aromatic nitrogens is 3. The third kappa shape index (κ3) is 3.88. The van der Waals surface area contributed by atoms with Crippen LogP contribution in [0.3, 0.4) is 0 Å². The zero-order chi connectivity index (χ0) is 16.9. The largest absolute Gasteiger partial charge is 0.324 e. The first-order chi connectivity index (χ1) is 11.7. The monoisotopic (exact) mass is 422 g/mol. The fourth-order valence-electron chi connectivity index (χ4n) is 2.15. The number of anilines is 1. The maximum atomic E-state index is 12.2. The zero-order valence-electron chi connectivity index (χ0n) is 12.9. The van der Waals surface area contributed by atoms with E-state index < -0.39 is 0 Å². The van der Waals surface area contributed by atoms with E-state index in [1.54, 1.807) is 11.3 Å². The Labute approximate surface area is 156 Å². The molecule has 124 valence electrons. The minimum Gasteiger partial charge on any atom is -0.324 e. The van der Waals surface area contributed by atoms with E-state index in [2.05, 4.69) is 31.4 Å². The lowest BCUT2D eigenvalue weighted by molar-refractivity contribution is -0.113. The lowest BCUT2D eigenvalue weighted by Crippen LogP contribution is -2.15. The van der Waals surface area contributed by atoms with Crippen molar-refractivity contribution in [1.29, 1.82) is 0 Å². The summed E-state index contributed by atoms with van der Waals surface area (Å²) in [5.74, 6) is 1.06. The first-order valence-corrected chi connectivity index (χ1v) is 9.99. The molecule has 5 nitrogen and oxygen atoms in total. The van der Waals surface area contributed by atoms with Crippen LogP contribution in [-0.2, 0) is 11.3 Å². The molecule has 3 aromatic rings. The first-order valence-electron chi connectivity index (χ1n) is 7.33. The van der Waals surface area contributed by atoms with Crippen LogP contribution in [0.2, 0.25) is 0 Å². The maximum Gasteiger partial charge on any atom is 0.234 e. The highest BCUT2D eigenvalue weighted by molar-refractivity contribution is 9.10. The van der Waals surface area contributed by atoms with Gasteiger partial charge in [0.05, 0.1) is 16.3 Å². The number of nitrogens with zero attached hydrogens (tertiary/aromatic N) is 3. The fraction of sp³-hybridized carbons (Fsp3) is 0.188. The van der Waals surface area contributed by atoms with Crippen LogP contribution in [0.5, 0.6) is 0 Å². The molecule has 2 aromatic heterocycles. The number of hydrogen-bond donors (Lipinski definition) is 1. The number of benzene rings is 1. The van der Waals surface area contributed by atoms with Crippen LogP contribution in [-0.4, -0.2) is 26.4 Å². The van der Waals surface area contributed by atoms with Gasteiger partial charge >= 0.3 is 0 Å². The molecule has 0 spiro atoms. The Kier molecular flexibility index (Phi) is 5.70. The van der Waals surface area contributed by atoms with E-state index in [0.717, 1.165) is 32.6 Å². The third-order valence-corrected chi connectivity index (χ3v) is 5.78. The van der Waals surface area contributed by atoms with Gasteiger partial charge in [-0.3, -0.25) is 4.79 Å². The van der Waals surface area contributed by atoms with E-state index in [4.69, 9.17) is 0 Å². The molecule has 0 saturated carbocycles. The van der Waals surface area contributed by atoms with Crippen LogP contribution >= 0.6 is 39.0 Å². The molecular formula is C16H15BrN4OS2. The van der Waals surface area contributed by atoms with Crippen molar-refractivity contribution in [3.63, 3.8) is 0 Å². The average molecular weight is 423 g/mol. The molecule has 0 aliphatic carbocycles. The van der Waals surface area contributed by atoms with Crippen LogP contribution < -0.4 is 5.32 Å². The highest BCUT2D eigenvalue weighted by Crippen LogP contribution is 2.27. The molecule has 1 amide bonds. The van der Waals surface area contributed by atoms with Crippen LogP contribution in [0.25, 0.3) is 10.7 Å². The molecule has 1 aromatic carbocycles. The van der Waals surface area contributed by atoms with Crippen molar-refractivity contribution in [3.8, 4) is 10.7 Å². The molecule has 8 heteroatoms. The second kappa shape index (κ2) is 7.96. The van der Waals surface area contributed by atoms with E-state index in [0.29, 0.717) is 0 Å². The molecular weight excluding hydrogens is 408 g/mol. The maximum absolute atomic E-state index is 12.2. The zero-order valence-corrected chi connectivity index (χ0v) is 16.1. The summed E-state index contributed by atoms with van der Waals surface area (Å²) in [5, 5.41) is 14.2. The van der Waals surface area contributed by atoms with Gasteiger partial charge < -0.3 is 9.88 Å². The molecule has 1 N–H and O–H groups in total. The van der Waals surface area contributed by atoms with Crippen molar-refractivity contribution in [2.75, 3.05) is 11.1 Å². The van der Waals surface area contributed by atoms with Gasteiger partial charge in [0.25, 0.3) is 0 Å². The number of carbonyl (C=O) groups is 1. The third-order valence-electron chi connectivity index (χ3n) is 3.25. The predicted octanol–water partition coefficient (Wildman–Crippen LogP) is 4.52. The molecule has 0 aliphatic rings. The summed E-state index contributed by atoms with van der Waals surface area (Å²) < 4.78 is 2.89. The van der Waals surface area contributed by atoms with Gasteiger partial charge in [0.15, 0.2) is 11.0 Å². The van der Waals surface area contributed by atoms with Gasteiger partial charge in [-0.1, -0.05) is 30.0 Å². The summed E-state index contributed by atoms with van der Waals surface area (Å²) in [6, 6.07) is 11.6. The van der Waals surface area contributed by atoms with Gasteiger partial charge in [-0.05, 0) is 46.4 Å². The molecule has 0 saturated heterocycles. The molecule has 0 fully saturated rings. The Morgan fingerprint density at radius 2 is 2.12 bits per heavy atom. The Balaban J connectivity index is 1.67. The van der Waals surface area contributed by atoms with Gasteiger partial charge in [-0.2, -0.15) is 0 Å². The molecule has 2 heterocycles. The van der Waals surface area contributed by atoms with Crippen LogP contribution in [0, 0.1) is 0 Å². The minimum atomic E-state index is -0.0739. The van der Waals surface area contributed by atoms with Gasteiger partial charge in [-0.25, -0.2) is 0 Å². The number of carbonyl (C=O) groups excluding carboxylic acids is 1. The molecule has 0 atom stereocenters. The molecule has 0 unspecified atom stereocenters. The second-order valence-electron chi connectivity index (χ2n) is 4.84. The highest BCUT2D eigenvalue weighted by Gasteiger charge is 2.15. The quantitative estimate of drug-likeness (QED) is 0.593. The summed E-state index contributed by atoms with van der Waals surface area (Å²) in [6.45, 7) is 2.81. The Bertz CT molecular complexity index is 832. The van der Waals surface area contributed by atoms with Gasteiger partial charge in [0.2, 0.25) is 5.91 Å². The summed E-state index contributed by atoms with van der Waals surface area (Å²) in [4.78, 5) is 13.2. The Hall–Kier alpha value is -1.64. The summed E-state index contributed by atoms with van der Waals surface area (Å²) in [6.07, 6.45) is 0. The van der Waals surface area contributed by atoms with E-state index in [1.165, 1.54) is 11.8 Å². The van der Waals surface area contributed by atoms with Crippen LogP contribution in [0.1, 0.15) is 6.92 Å². The highest BCUT2D eigenvalue weighted by atomic mass is 79.9. The molecule has 0 radical (unpaired) electrons. The lowest BCUT2D eigenvalue weighted by Gasteiger charge is -2.08. The van der Waals surface area contributed by atoms with E-state index in [-0.39, 0.29) is 11.7 Å². The van der Waals surface area contributed by atoms with Gasteiger partial charge in [-0.15, -0.1) is 21.5 Å². The van der Waals surface area contributed by atoms with Crippen LogP contribution in [0.4, 0.5) is 5.69 Å². The normalized spacial score (nSPS) is 10.8. The standard InChI is InChI=1S/C16H15BrN4OS2/c1-2-21-15(13-8-5-9-23-13)19-20-16(21)24-10-14(22)18-12-7-4-3-6-11(12)17/h3-9H,2,10H2,1H3,(H,18,22). The van der Waals surface area contributed by atoms with Crippen LogP contribution in [0.15, 0.2) is 51.4 Å². The first kappa shape index (κ1) is 17.2. The molecule has 0 aliphatic heterocycles. The number of amides is 1. The molecule has 3 rings (SSSR count). The van der Waals surface area contributed by atoms with Crippen molar-refractivity contribution >= 4 is 50.6 Å². The number of halogens is 1. The predicted molar refractivity (Wildman–Crippen MR) is 103 cm³/mol. The number of thiophene rings is 1. The summed E-state index contributed by atoms with van der Waals surface area (Å²) >= 11 is 6.44. The van der Waals surface area contributed by atoms with E-state index >= 15 is 0 Å². The van der Waals surface area contributed by atoms with E-state index in [1.807, 2.05) is 53.3 Å². The van der Waals surface area contributed by atoms with Gasteiger partial charge in [0, 0.05) is 11.0 Å². The lowest BCUT2D eigenvalue weighted by atomic mass is 10.3. The number of para-hydroxylation sites is 1. The SMILES string of the molecule is CCn1c(SCC(=O)Nc2ccccc2Br)nnc1-c1cccs1. The number of nitrogens with one attached hydrogen (secondary N) is 1. The Morgan fingerprint density at radius 1 is 1.29 bits per heavy atom. The van der Waals surface area contributed by atoms with Crippen molar-refractivity contribution in [1.82, 2.24) is 14.8 Å². The minimum absolute atomic E-state index is 0.0739. The smallest absolute Gasteiger partial charge is 0.234 e. The Morgan fingerprint density at radius 3 is 2.83 bits per heavy atom. The average Bonchev–Trinajstić information content (AvgIpc) is 3.23. The number of thioether (sulfide) groups is 1. The number of rotatable bonds is 6.